The first kappa shape index (κ1) is 34.3. The number of hydrogen-bond acceptors (Lipinski definition) is 8. The van der Waals surface area contributed by atoms with E-state index >= 15 is 0 Å². The number of esters is 3. The van der Waals surface area contributed by atoms with Crippen molar-refractivity contribution in [2.24, 2.45) is 0 Å². The lowest BCUT2D eigenvalue weighted by Crippen LogP contribution is -2.29. The number of rotatable bonds is 24. The van der Waals surface area contributed by atoms with Crippen LogP contribution >= 0.6 is 0 Å². The Labute approximate surface area is 218 Å². The first-order chi connectivity index (χ1) is 17.3. The van der Waals surface area contributed by atoms with Gasteiger partial charge < -0.3 is 24.4 Å². The summed E-state index contributed by atoms with van der Waals surface area (Å²) in [5.41, 5.74) is 0. The molecule has 0 radical (unpaired) electrons. The zero-order valence-corrected chi connectivity index (χ0v) is 23.0. The Hall–Kier alpha value is -1.67. The van der Waals surface area contributed by atoms with Crippen molar-refractivity contribution in [3.8, 4) is 0 Å². The monoisotopic (exact) mass is 516 g/mol. The third-order valence-corrected chi connectivity index (χ3v) is 6.21. The quantitative estimate of drug-likeness (QED) is 0.0994. The minimum atomic E-state index is -1.00. The molecule has 0 bridgehead atoms. The molecule has 0 amide bonds. The molecule has 0 aromatic rings. The van der Waals surface area contributed by atoms with Crippen LogP contribution in [0.3, 0.4) is 0 Å². The minimum Gasteiger partial charge on any atom is -0.463 e. The summed E-state index contributed by atoms with van der Waals surface area (Å²) in [7, 11) is 0. The highest BCUT2D eigenvalue weighted by Crippen LogP contribution is 2.19. The van der Waals surface area contributed by atoms with Crippen LogP contribution in [0.2, 0.25) is 0 Å². The number of ether oxygens (including phenoxy) is 3. The molecule has 0 aliphatic carbocycles. The van der Waals surface area contributed by atoms with Gasteiger partial charge in [-0.15, -0.1) is 0 Å². The molecule has 2 N–H and O–H groups in total. The number of carbonyl (C=O) groups is 3. The third kappa shape index (κ3) is 21.6. The Morgan fingerprint density at radius 3 is 1.42 bits per heavy atom. The molecule has 0 aliphatic heterocycles. The van der Waals surface area contributed by atoms with Gasteiger partial charge in [-0.2, -0.15) is 0 Å². The van der Waals surface area contributed by atoms with Gasteiger partial charge in [0.15, 0.2) is 0 Å². The maximum atomic E-state index is 12.1. The summed E-state index contributed by atoms with van der Waals surface area (Å²) < 4.78 is 15.7. The molecule has 0 spiro atoms. The van der Waals surface area contributed by atoms with Crippen LogP contribution in [-0.4, -0.2) is 59.6 Å². The standard InChI is InChI=1S/C28H52O8/c1-4-5-6-7-8-9-10-11-12-13-14-15-16-17-25(34-23(2)31)18-19-26(35-24(3)32)20-28(33)36-27(21-29)22-30/h25-27,29-30H,4-22H2,1-3H3/t25-,26+/m0/s1. The van der Waals surface area contributed by atoms with Crippen molar-refractivity contribution >= 4 is 17.9 Å². The Morgan fingerprint density at radius 1 is 0.556 bits per heavy atom. The molecular formula is C28H52O8. The molecular weight excluding hydrogens is 464 g/mol. The number of carbonyl (C=O) groups excluding carboxylic acids is 3. The fourth-order valence-corrected chi connectivity index (χ4v) is 4.25. The number of unbranched alkanes of at least 4 members (excludes halogenated alkanes) is 12. The van der Waals surface area contributed by atoms with Crippen molar-refractivity contribution in [2.45, 2.75) is 148 Å². The number of aliphatic hydroxyl groups is 2. The Morgan fingerprint density at radius 2 is 0.972 bits per heavy atom. The summed E-state index contributed by atoms with van der Waals surface area (Å²) in [6.45, 7) is 3.90. The van der Waals surface area contributed by atoms with Gasteiger partial charge in [-0.3, -0.25) is 14.4 Å². The van der Waals surface area contributed by atoms with Crippen LogP contribution in [0.25, 0.3) is 0 Å². The van der Waals surface area contributed by atoms with Gasteiger partial charge in [0.25, 0.3) is 0 Å². The van der Waals surface area contributed by atoms with Crippen molar-refractivity contribution < 1.29 is 38.8 Å². The Bertz CT molecular complexity index is 562. The Balaban J connectivity index is 4.24. The van der Waals surface area contributed by atoms with Crippen molar-refractivity contribution in [1.82, 2.24) is 0 Å². The summed E-state index contributed by atoms with van der Waals surface area (Å²) in [6.07, 6.45) is 15.8. The molecule has 0 saturated heterocycles. The topological polar surface area (TPSA) is 119 Å². The van der Waals surface area contributed by atoms with Crippen molar-refractivity contribution in [3.63, 3.8) is 0 Å². The van der Waals surface area contributed by atoms with Gasteiger partial charge in [-0.25, -0.2) is 0 Å². The van der Waals surface area contributed by atoms with E-state index in [2.05, 4.69) is 6.92 Å². The summed E-state index contributed by atoms with van der Waals surface area (Å²) >= 11 is 0. The van der Waals surface area contributed by atoms with Gasteiger partial charge in [-0.1, -0.05) is 84.0 Å². The zero-order valence-electron chi connectivity index (χ0n) is 23.0. The molecule has 2 atom stereocenters. The van der Waals surface area contributed by atoms with Gasteiger partial charge in [0.1, 0.15) is 18.3 Å². The van der Waals surface area contributed by atoms with Gasteiger partial charge in [-0.05, 0) is 25.7 Å². The first-order valence-electron chi connectivity index (χ1n) is 14.1. The number of aliphatic hydroxyl groups excluding tert-OH is 2. The summed E-state index contributed by atoms with van der Waals surface area (Å²) in [4.78, 5) is 35.1. The maximum absolute atomic E-state index is 12.1. The molecule has 36 heavy (non-hydrogen) atoms. The lowest BCUT2D eigenvalue weighted by atomic mass is 10.0. The van der Waals surface area contributed by atoms with Crippen molar-refractivity contribution in [2.75, 3.05) is 13.2 Å². The van der Waals surface area contributed by atoms with Crippen molar-refractivity contribution in [1.29, 1.82) is 0 Å². The fraction of sp³-hybridized carbons (Fsp3) is 0.893. The van der Waals surface area contributed by atoms with E-state index in [0.29, 0.717) is 12.8 Å². The maximum Gasteiger partial charge on any atom is 0.309 e. The van der Waals surface area contributed by atoms with Crippen LogP contribution in [0.5, 0.6) is 0 Å². The van der Waals surface area contributed by atoms with E-state index in [1.165, 1.54) is 84.5 Å². The zero-order chi connectivity index (χ0) is 27.0. The van der Waals surface area contributed by atoms with E-state index < -0.39 is 37.4 Å². The smallest absolute Gasteiger partial charge is 0.309 e. The second-order valence-corrected chi connectivity index (χ2v) is 9.75. The van der Waals surface area contributed by atoms with E-state index in [1.54, 1.807) is 0 Å². The first-order valence-corrected chi connectivity index (χ1v) is 14.1. The summed E-state index contributed by atoms with van der Waals surface area (Å²) in [6, 6.07) is 0. The van der Waals surface area contributed by atoms with E-state index in [1.807, 2.05) is 0 Å². The lowest BCUT2D eigenvalue weighted by Gasteiger charge is -2.22. The normalized spacial score (nSPS) is 12.8. The molecule has 8 heteroatoms. The second-order valence-electron chi connectivity index (χ2n) is 9.75. The lowest BCUT2D eigenvalue weighted by molar-refractivity contribution is -0.161. The molecule has 0 fully saturated rings. The van der Waals surface area contributed by atoms with Crippen LogP contribution in [0.15, 0.2) is 0 Å². The van der Waals surface area contributed by atoms with Gasteiger partial charge >= 0.3 is 17.9 Å². The largest absolute Gasteiger partial charge is 0.463 e. The van der Waals surface area contributed by atoms with E-state index in [-0.39, 0.29) is 18.5 Å². The average Bonchev–Trinajstić information content (AvgIpc) is 2.82. The van der Waals surface area contributed by atoms with E-state index in [4.69, 9.17) is 24.4 Å². The molecule has 0 aromatic heterocycles. The average molecular weight is 517 g/mol. The number of hydrogen-bond donors (Lipinski definition) is 2. The molecule has 0 saturated carbocycles. The predicted molar refractivity (Wildman–Crippen MR) is 139 cm³/mol. The molecule has 0 unspecified atom stereocenters. The fourth-order valence-electron chi connectivity index (χ4n) is 4.25. The van der Waals surface area contributed by atoms with Crippen LogP contribution < -0.4 is 0 Å². The molecule has 0 aromatic carbocycles. The predicted octanol–water partition coefficient (Wildman–Crippen LogP) is 5.40. The van der Waals surface area contributed by atoms with Crippen LogP contribution in [0, 0.1) is 0 Å². The minimum absolute atomic E-state index is 0.193. The molecule has 0 heterocycles. The third-order valence-electron chi connectivity index (χ3n) is 6.21. The van der Waals surface area contributed by atoms with Crippen LogP contribution in [0.1, 0.15) is 130 Å². The van der Waals surface area contributed by atoms with Gasteiger partial charge in [0.05, 0.1) is 19.6 Å². The van der Waals surface area contributed by atoms with Crippen molar-refractivity contribution in [3.05, 3.63) is 0 Å². The van der Waals surface area contributed by atoms with E-state index in [9.17, 15) is 14.4 Å². The summed E-state index contributed by atoms with van der Waals surface area (Å²) in [5, 5.41) is 18.1. The molecule has 212 valence electrons. The van der Waals surface area contributed by atoms with Gasteiger partial charge in [0.2, 0.25) is 0 Å². The van der Waals surface area contributed by atoms with Crippen LogP contribution in [-0.2, 0) is 28.6 Å². The summed E-state index contributed by atoms with van der Waals surface area (Å²) in [5.74, 6) is -1.55. The Kier molecular flexibility index (Phi) is 22.6. The molecule has 8 nitrogen and oxygen atoms in total. The van der Waals surface area contributed by atoms with Gasteiger partial charge in [0, 0.05) is 13.8 Å². The highest BCUT2D eigenvalue weighted by Gasteiger charge is 2.23. The molecule has 0 rings (SSSR count). The second kappa shape index (κ2) is 23.7. The van der Waals surface area contributed by atoms with E-state index in [0.717, 1.165) is 19.3 Å². The molecule has 0 aliphatic rings. The highest BCUT2D eigenvalue weighted by atomic mass is 16.6. The van der Waals surface area contributed by atoms with Crippen LogP contribution in [0.4, 0.5) is 0 Å². The SMILES string of the molecule is CCCCCCCCCCCCCCC[C@@H](CC[C@H](CC(=O)OC(CO)CO)OC(C)=O)OC(C)=O. The highest BCUT2D eigenvalue weighted by molar-refractivity contribution is 5.71.